The minimum absolute atomic E-state index is 0.264. The van der Waals surface area contributed by atoms with E-state index in [2.05, 4.69) is 15.7 Å². The van der Waals surface area contributed by atoms with Crippen LogP contribution < -0.4 is 15.6 Å². The maximum absolute atomic E-state index is 12.8. The van der Waals surface area contributed by atoms with Gasteiger partial charge in [-0.2, -0.15) is 5.01 Å². The molecule has 4 amide bonds. The molecule has 1 aromatic heterocycles. The number of carbonyl (C=O) groups is 3. The van der Waals surface area contributed by atoms with Crippen molar-refractivity contribution >= 4 is 29.4 Å². The second-order valence-corrected chi connectivity index (χ2v) is 7.45. The Balaban J connectivity index is 1.45. The Morgan fingerprint density at radius 3 is 2.48 bits per heavy atom. The molecule has 1 aromatic carbocycles. The Morgan fingerprint density at radius 1 is 1.10 bits per heavy atom. The summed E-state index contributed by atoms with van der Waals surface area (Å²) in [7, 11) is 1.88. The zero-order valence-electron chi connectivity index (χ0n) is 16.2. The minimum Gasteiger partial charge on any atom is -0.329 e. The summed E-state index contributed by atoms with van der Waals surface area (Å²) < 4.78 is 0. The number of para-hydroxylation sites is 1. The maximum atomic E-state index is 12.8. The van der Waals surface area contributed by atoms with Crippen LogP contribution in [0.15, 0.2) is 48.7 Å². The number of anilines is 2. The third kappa shape index (κ3) is 3.53. The molecule has 2 aliphatic rings. The lowest BCUT2D eigenvalue weighted by atomic mass is 9.82. The Hall–Kier alpha value is -3.42. The highest BCUT2D eigenvalue weighted by Gasteiger charge is 2.52. The fraction of sp³-hybridized carbons (Fsp3) is 0.333. The molecule has 1 aliphatic heterocycles. The molecule has 1 aliphatic carbocycles. The van der Waals surface area contributed by atoms with Crippen LogP contribution >= 0.6 is 0 Å². The highest BCUT2D eigenvalue weighted by atomic mass is 16.2. The minimum atomic E-state index is -0.872. The number of hydrazine groups is 1. The second kappa shape index (κ2) is 7.54. The summed E-state index contributed by atoms with van der Waals surface area (Å²) >= 11 is 0. The maximum Gasteiger partial charge on any atom is 0.344 e. The smallest absolute Gasteiger partial charge is 0.329 e. The van der Waals surface area contributed by atoms with Gasteiger partial charge in [0.15, 0.2) is 0 Å². The molecule has 150 valence electrons. The molecule has 29 heavy (non-hydrogen) atoms. The lowest BCUT2D eigenvalue weighted by molar-refractivity contribution is -0.134. The molecule has 2 fully saturated rings. The van der Waals surface area contributed by atoms with E-state index < -0.39 is 17.5 Å². The quantitative estimate of drug-likeness (QED) is 0.779. The van der Waals surface area contributed by atoms with Gasteiger partial charge in [0.25, 0.3) is 11.8 Å². The molecule has 0 bridgehead atoms. The van der Waals surface area contributed by atoms with E-state index in [-0.39, 0.29) is 11.5 Å². The summed E-state index contributed by atoms with van der Waals surface area (Å²) in [4.78, 5) is 43.9. The molecule has 2 heterocycles. The van der Waals surface area contributed by atoms with Crippen molar-refractivity contribution in [3.8, 4) is 0 Å². The normalized spacial score (nSPS) is 17.9. The van der Waals surface area contributed by atoms with E-state index in [1.807, 2.05) is 42.3 Å². The first kappa shape index (κ1) is 18.9. The van der Waals surface area contributed by atoms with E-state index in [4.69, 9.17) is 0 Å². The van der Waals surface area contributed by atoms with Gasteiger partial charge in [-0.1, -0.05) is 37.5 Å². The van der Waals surface area contributed by atoms with Gasteiger partial charge in [-0.15, -0.1) is 0 Å². The van der Waals surface area contributed by atoms with Crippen molar-refractivity contribution in [1.82, 2.24) is 20.7 Å². The number of rotatable bonds is 4. The third-order valence-electron chi connectivity index (χ3n) is 5.58. The number of hydrogen-bond donors (Lipinski definition) is 2. The molecule has 0 atom stereocenters. The Labute approximate surface area is 168 Å². The van der Waals surface area contributed by atoms with Gasteiger partial charge >= 0.3 is 6.03 Å². The monoisotopic (exact) mass is 393 g/mol. The van der Waals surface area contributed by atoms with Crippen LogP contribution in [0.2, 0.25) is 0 Å². The summed E-state index contributed by atoms with van der Waals surface area (Å²) in [6.07, 6.45) is 5.45. The predicted molar refractivity (Wildman–Crippen MR) is 107 cm³/mol. The lowest BCUT2D eigenvalue weighted by Gasteiger charge is -2.30. The summed E-state index contributed by atoms with van der Waals surface area (Å²) in [6, 6.07) is 12.5. The van der Waals surface area contributed by atoms with Gasteiger partial charge in [-0.3, -0.25) is 15.0 Å². The van der Waals surface area contributed by atoms with Crippen molar-refractivity contribution in [3.05, 3.63) is 54.2 Å². The molecule has 8 heteroatoms. The lowest BCUT2D eigenvalue weighted by Crippen LogP contribution is -2.50. The summed E-state index contributed by atoms with van der Waals surface area (Å²) in [6.45, 7) is 0. The van der Waals surface area contributed by atoms with Crippen molar-refractivity contribution in [1.29, 1.82) is 0 Å². The van der Waals surface area contributed by atoms with Crippen LogP contribution in [-0.2, 0) is 4.79 Å². The Morgan fingerprint density at radius 2 is 1.83 bits per heavy atom. The molecule has 1 saturated carbocycles. The van der Waals surface area contributed by atoms with Gasteiger partial charge in [0.05, 0.1) is 5.56 Å². The number of urea groups is 1. The fourth-order valence-electron chi connectivity index (χ4n) is 3.88. The van der Waals surface area contributed by atoms with Crippen LogP contribution in [0.25, 0.3) is 0 Å². The molecule has 1 spiro atoms. The zero-order chi connectivity index (χ0) is 20.4. The first-order valence-corrected chi connectivity index (χ1v) is 9.73. The Bertz CT molecular complexity index is 923. The molecular weight excluding hydrogens is 370 g/mol. The van der Waals surface area contributed by atoms with Gasteiger partial charge in [0.2, 0.25) is 0 Å². The predicted octanol–water partition coefficient (Wildman–Crippen LogP) is 2.75. The largest absolute Gasteiger partial charge is 0.344 e. The molecule has 4 rings (SSSR count). The van der Waals surface area contributed by atoms with Gasteiger partial charge in [0.1, 0.15) is 11.4 Å². The van der Waals surface area contributed by atoms with E-state index in [1.54, 1.807) is 12.1 Å². The molecule has 8 nitrogen and oxygen atoms in total. The van der Waals surface area contributed by atoms with Gasteiger partial charge in [-0.05, 0) is 37.1 Å². The summed E-state index contributed by atoms with van der Waals surface area (Å²) in [5.41, 5.74) is 2.79. The van der Waals surface area contributed by atoms with Crippen molar-refractivity contribution in [3.63, 3.8) is 0 Å². The average Bonchev–Trinajstić information content (AvgIpc) is 2.98. The molecule has 2 N–H and O–H groups in total. The number of nitrogens with one attached hydrogen (secondary N) is 2. The number of pyridine rings is 1. The van der Waals surface area contributed by atoms with Gasteiger partial charge in [0, 0.05) is 18.9 Å². The van der Waals surface area contributed by atoms with E-state index in [9.17, 15) is 14.4 Å². The number of hydrogen-bond acceptors (Lipinski definition) is 5. The fourth-order valence-corrected chi connectivity index (χ4v) is 3.88. The van der Waals surface area contributed by atoms with E-state index in [0.29, 0.717) is 18.7 Å². The van der Waals surface area contributed by atoms with Crippen molar-refractivity contribution in [2.45, 2.75) is 37.6 Å². The standard InChI is InChI=1S/C21H23N5O3/c1-25(16-8-4-2-5-9-16)17-11-10-15(14-22-17)18(27)24-26-19(28)21(23-20(26)29)12-6-3-7-13-21/h2,4-5,8-11,14H,3,6-7,12-13H2,1H3,(H,23,29)(H,24,27). The number of benzene rings is 1. The third-order valence-corrected chi connectivity index (χ3v) is 5.58. The molecule has 0 radical (unpaired) electrons. The first-order valence-electron chi connectivity index (χ1n) is 9.73. The Kier molecular flexibility index (Phi) is 4.92. The van der Waals surface area contributed by atoms with E-state index >= 15 is 0 Å². The van der Waals surface area contributed by atoms with Crippen molar-refractivity contribution in [2.24, 2.45) is 0 Å². The molecular formula is C21H23N5O3. The van der Waals surface area contributed by atoms with Gasteiger partial charge in [-0.25, -0.2) is 9.78 Å². The van der Waals surface area contributed by atoms with E-state index in [0.717, 1.165) is 30.0 Å². The van der Waals surface area contributed by atoms with Crippen LogP contribution in [0.3, 0.4) is 0 Å². The van der Waals surface area contributed by atoms with Crippen LogP contribution in [0, 0.1) is 0 Å². The van der Waals surface area contributed by atoms with Crippen molar-refractivity contribution in [2.75, 3.05) is 11.9 Å². The first-order chi connectivity index (χ1) is 14.0. The summed E-state index contributed by atoms with van der Waals surface area (Å²) in [5, 5.41) is 3.57. The molecule has 1 saturated heterocycles. The van der Waals surface area contributed by atoms with Crippen molar-refractivity contribution < 1.29 is 14.4 Å². The van der Waals surface area contributed by atoms with Crippen LogP contribution in [-0.4, -0.2) is 40.4 Å². The van der Waals surface area contributed by atoms with E-state index in [1.165, 1.54) is 6.20 Å². The van der Waals surface area contributed by atoms with Crippen LogP contribution in [0.4, 0.5) is 16.3 Å². The summed E-state index contributed by atoms with van der Waals surface area (Å²) in [5.74, 6) is -0.268. The number of carbonyl (C=O) groups excluding carboxylic acids is 3. The second-order valence-electron chi connectivity index (χ2n) is 7.45. The highest BCUT2D eigenvalue weighted by molar-refractivity contribution is 6.09. The van der Waals surface area contributed by atoms with Gasteiger partial charge < -0.3 is 10.2 Å². The van der Waals surface area contributed by atoms with Crippen LogP contribution in [0.1, 0.15) is 42.5 Å². The molecule has 2 aromatic rings. The zero-order valence-corrected chi connectivity index (χ0v) is 16.2. The number of nitrogens with zero attached hydrogens (tertiary/aromatic N) is 3. The van der Waals surface area contributed by atoms with Crippen LogP contribution in [0.5, 0.6) is 0 Å². The SMILES string of the molecule is CN(c1ccccc1)c1ccc(C(=O)NN2C(=O)NC3(CCCCC3)C2=O)cn1. The topological polar surface area (TPSA) is 94.6 Å². The number of aromatic nitrogens is 1. The highest BCUT2D eigenvalue weighted by Crippen LogP contribution is 2.33. The average molecular weight is 393 g/mol. The number of amides is 4. The molecule has 0 unspecified atom stereocenters. The number of imide groups is 1.